The van der Waals surface area contributed by atoms with Gasteiger partial charge in [-0.1, -0.05) is 13.3 Å². The molecule has 4 heteroatoms. The van der Waals surface area contributed by atoms with E-state index in [-0.39, 0.29) is 11.5 Å². The van der Waals surface area contributed by atoms with Crippen LogP contribution >= 0.6 is 11.8 Å². The average molecular weight is 272 g/mol. The van der Waals surface area contributed by atoms with Crippen molar-refractivity contribution in [3.63, 3.8) is 0 Å². The minimum atomic E-state index is -0.628. The van der Waals surface area contributed by atoms with Gasteiger partial charge in [0.05, 0.1) is 11.0 Å². The van der Waals surface area contributed by atoms with Gasteiger partial charge in [0.1, 0.15) is 0 Å². The number of rotatable bonds is 4. The molecular weight excluding hydrogens is 248 g/mol. The molecule has 3 unspecified atom stereocenters. The van der Waals surface area contributed by atoms with Crippen LogP contribution in [0.25, 0.3) is 0 Å². The lowest BCUT2D eigenvalue weighted by molar-refractivity contribution is -0.160. The molecule has 2 aliphatic heterocycles. The fourth-order valence-electron chi connectivity index (χ4n) is 3.44. The second-order valence-corrected chi connectivity index (χ2v) is 7.10. The number of hydrogen-bond acceptors (Lipinski definition) is 3. The Hall–Kier alpha value is -0.220. The van der Waals surface area contributed by atoms with Gasteiger partial charge < -0.3 is 9.84 Å². The Bertz CT molecular complexity index is 312. The number of hydrogen-bond donors (Lipinski definition) is 1. The summed E-state index contributed by atoms with van der Waals surface area (Å²) in [5.41, 5.74) is -0.586. The molecule has 0 aromatic heterocycles. The van der Waals surface area contributed by atoms with Crippen LogP contribution in [0.4, 0.5) is 0 Å². The Kier molecular flexibility index (Phi) is 4.27. The van der Waals surface area contributed by atoms with Crippen molar-refractivity contribution in [2.24, 2.45) is 11.3 Å². The highest BCUT2D eigenvalue weighted by Crippen LogP contribution is 2.47. The summed E-state index contributed by atoms with van der Waals surface area (Å²) in [7, 11) is 0. The number of carboxylic acids is 1. The third kappa shape index (κ3) is 2.55. The Morgan fingerprint density at radius 1 is 1.61 bits per heavy atom. The summed E-state index contributed by atoms with van der Waals surface area (Å²) in [5, 5.41) is 9.60. The molecule has 0 aromatic rings. The van der Waals surface area contributed by atoms with Gasteiger partial charge >= 0.3 is 5.97 Å². The van der Waals surface area contributed by atoms with E-state index in [0.29, 0.717) is 0 Å². The number of carbonyl (C=O) groups is 1. The van der Waals surface area contributed by atoms with Crippen LogP contribution in [0.5, 0.6) is 0 Å². The van der Waals surface area contributed by atoms with Gasteiger partial charge in [-0.3, -0.25) is 4.79 Å². The smallest absolute Gasteiger partial charge is 0.309 e. The van der Waals surface area contributed by atoms with E-state index in [4.69, 9.17) is 4.74 Å². The topological polar surface area (TPSA) is 46.5 Å². The Morgan fingerprint density at radius 2 is 2.39 bits per heavy atom. The molecule has 2 aliphatic rings. The van der Waals surface area contributed by atoms with Crippen LogP contribution in [-0.4, -0.2) is 34.8 Å². The Balaban J connectivity index is 2.13. The van der Waals surface area contributed by atoms with Crippen LogP contribution in [0.2, 0.25) is 0 Å². The molecule has 3 nitrogen and oxygen atoms in total. The monoisotopic (exact) mass is 272 g/mol. The quantitative estimate of drug-likeness (QED) is 0.854. The lowest BCUT2D eigenvalue weighted by atomic mass is 9.67. The van der Waals surface area contributed by atoms with Crippen LogP contribution in [0.3, 0.4) is 0 Å². The first kappa shape index (κ1) is 14.2. The van der Waals surface area contributed by atoms with Gasteiger partial charge in [0.25, 0.3) is 0 Å². The fourth-order valence-corrected chi connectivity index (χ4v) is 4.82. The summed E-state index contributed by atoms with van der Waals surface area (Å²) < 4.78 is 6.00. The average Bonchev–Trinajstić information content (AvgIpc) is 2.77. The van der Waals surface area contributed by atoms with Crippen LogP contribution in [0, 0.1) is 11.3 Å². The van der Waals surface area contributed by atoms with E-state index in [9.17, 15) is 9.90 Å². The van der Waals surface area contributed by atoms with E-state index in [1.807, 2.05) is 18.7 Å². The molecular formula is C14H24O3S. The van der Waals surface area contributed by atoms with Gasteiger partial charge in [0.2, 0.25) is 0 Å². The third-order valence-corrected chi connectivity index (χ3v) is 5.94. The lowest BCUT2D eigenvalue weighted by Gasteiger charge is -2.44. The molecule has 1 N–H and O–H groups in total. The molecule has 2 heterocycles. The van der Waals surface area contributed by atoms with E-state index >= 15 is 0 Å². The molecule has 2 fully saturated rings. The molecule has 104 valence electrons. The first-order valence-electron chi connectivity index (χ1n) is 6.97. The summed E-state index contributed by atoms with van der Waals surface area (Å²) in [6.45, 7) is 4.74. The Morgan fingerprint density at radius 3 is 2.94 bits per heavy atom. The van der Waals surface area contributed by atoms with Crippen molar-refractivity contribution in [1.82, 2.24) is 0 Å². The molecule has 2 rings (SSSR count). The third-order valence-electron chi connectivity index (χ3n) is 4.72. The molecule has 0 bridgehead atoms. The van der Waals surface area contributed by atoms with Gasteiger partial charge in [-0.15, -0.1) is 0 Å². The molecule has 3 atom stereocenters. The van der Waals surface area contributed by atoms with Crippen LogP contribution in [-0.2, 0) is 9.53 Å². The Labute approximate surface area is 114 Å². The fraction of sp³-hybridized carbons (Fsp3) is 0.929. The van der Waals surface area contributed by atoms with Crippen molar-refractivity contribution in [2.75, 3.05) is 18.1 Å². The van der Waals surface area contributed by atoms with Crippen molar-refractivity contribution in [3.8, 4) is 0 Å². The predicted molar refractivity (Wildman–Crippen MR) is 74.0 cm³/mol. The van der Waals surface area contributed by atoms with E-state index in [2.05, 4.69) is 6.92 Å². The summed E-state index contributed by atoms with van der Waals surface area (Å²) in [5.74, 6) is 1.84. The van der Waals surface area contributed by atoms with E-state index in [0.717, 1.165) is 50.2 Å². The van der Waals surface area contributed by atoms with Gasteiger partial charge in [-0.05, 0) is 44.3 Å². The van der Waals surface area contributed by atoms with Crippen molar-refractivity contribution < 1.29 is 14.6 Å². The normalized spacial score (nSPS) is 35.6. The van der Waals surface area contributed by atoms with E-state index in [1.165, 1.54) is 0 Å². The molecule has 2 saturated heterocycles. The number of ether oxygens (including phenoxy) is 1. The van der Waals surface area contributed by atoms with Gasteiger partial charge in [0, 0.05) is 12.4 Å². The van der Waals surface area contributed by atoms with Crippen LogP contribution in [0.1, 0.15) is 46.0 Å². The summed E-state index contributed by atoms with van der Waals surface area (Å²) in [4.78, 5) is 11.7. The minimum absolute atomic E-state index is 0.0158. The van der Waals surface area contributed by atoms with Crippen molar-refractivity contribution in [2.45, 2.75) is 51.6 Å². The number of thioether (sulfide) groups is 1. The lowest BCUT2D eigenvalue weighted by Crippen LogP contribution is -2.47. The van der Waals surface area contributed by atoms with Gasteiger partial charge in [-0.2, -0.15) is 11.8 Å². The molecule has 0 saturated carbocycles. The highest BCUT2D eigenvalue weighted by molar-refractivity contribution is 7.99. The zero-order valence-corrected chi connectivity index (χ0v) is 12.2. The SMILES string of the molecule is CCCC(C)(C(=O)O)C1CCOC2(CCSC2)C1. The van der Waals surface area contributed by atoms with Crippen LogP contribution < -0.4 is 0 Å². The van der Waals surface area contributed by atoms with Gasteiger partial charge in [-0.25, -0.2) is 0 Å². The molecule has 0 aromatic carbocycles. The van der Waals surface area contributed by atoms with Crippen molar-refractivity contribution in [1.29, 1.82) is 0 Å². The molecule has 18 heavy (non-hydrogen) atoms. The minimum Gasteiger partial charge on any atom is -0.481 e. The van der Waals surface area contributed by atoms with E-state index in [1.54, 1.807) is 0 Å². The van der Waals surface area contributed by atoms with Crippen molar-refractivity contribution in [3.05, 3.63) is 0 Å². The molecule has 0 aliphatic carbocycles. The summed E-state index contributed by atoms with van der Waals surface area (Å²) in [6, 6.07) is 0. The van der Waals surface area contributed by atoms with Gasteiger partial charge in [0.15, 0.2) is 0 Å². The largest absolute Gasteiger partial charge is 0.481 e. The first-order valence-corrected chi connectivity index (χ1v) is 8.13. The molecule has 0 amide bonds. The maximum Gasteiger partial charge on any atom is 0.309 e. The highest BCUT2D eigenvalue weighted by Gasteiger charge is 2.48. The maximum atomic E-state index is 11.7. The predicted octanol–water partition coefficient (Wildman–Crippen LogP) is 3.18. The maximum absolute atomic E-state index is 11.7. The number of aliphatic carboxylic acids is 1. The van der Waals surface area contributed by atoms with Crippen LogP contribution in [0.15, 0.2) is 0 Å². The molecule has 0 radical (unpaired) electrons. The summed E-state index contributed by atoms with van der Waals surface area (Å²) in [6.07, 6.45) is 4.63. The zero-order valence-electron chi connectivity index (χ0n) is 11.4. The highest BCUT2D eigenvalue weighted by atomic mass is 32.2. The van der Waals surface area contributed by atoms with E-state index < -0.39 is 11.4 Å². The summed E-state index contributed by atoms with van der Waals surface area (Å²) >= 11 is 1.94. The standard InChI is InChI=1S/C14H24O3S/c1-3-5-13(2,12(15)16)11-4-7-17-14(9-11)6-8-18-10-14/h11H,3-10H2,1-2H3,(H,15,16). The zero-order chi connectivity index (χ0) is 13.2. The second kappa shape index (κ2) is 5.41. The first-order chi connectivity index (χ1) is 8.52. The van der Waals surface area contributed by atoms with Crippen molar-refractivity contribution >= 4 is 17.7 Å². The number of carboxylic acid groups (broad SMARTS) is 1. The second-order valence-electron chi connectivity index (χ2n) is 6.00. The molecule has 1 spiro atoms.